The zero-order valence-electron chi connectivity index (χ0n) is 11.3. The number of ether oxygens (including phenoxy) is 1. The number of piperidine rings is 1. The summed E-state index contributed by atoms with van der Waals surface area (Å²) >= 11 is 0. The van der Waals surface area contributed by atoms with Crippen molar-refractivity contribution in [1.29, 1.82) is 0 Å². The third kappa shape index (κ3) is 3.34. The van der Waals surface area contributed by atoms with Crippen LogP contribution in [0.15, 0.2) is 24.3 Å². The van der Waals surface area contributed by atoms with Crippen LogP contribution < -0.4 is 5.32 Å². The molecule has 104 valence electrons. The lowest BCUT2D eigenvalue weighted by Crippen LogP contribution is -2.41. The fourth-order valence-corrected chi connectivity index (χ4v) is 3.35. The van der Waals surface area contributed by atoms with E-state index in [1.54, 1.807) is 6.07 Å². The van der Waals surface area contributed by atoms with Crippen molar-refractivity contribution in [3.8, 4) is 0 Å². The van der Waals surface area contributed by atoms with Crippen LogP contribution >= 0.6 is 0 Å². The molecule has 2 atom stereocenters. The van der Waals surface area contributed by atoms with E-state index in [-0.39, 0.29) is 5.82 Å². The van der Waals surface area contributed by atoms with Crippen molar-refractivity contribution in [3.63, 3.8) is 0 Å². The van der Waals surface area contributed by atoms with Gasteiger partial charge in [-0.3, -0.25) is 0 Å². The number of rotatable bonds is 5. The van der Waals surface area contributed by atoms with Gasteiger partial charge < -0.3 is 10.1 Å². The van der Waals surface area contributed by atoms with E-state index in [9.17, 15) is 4.39 Å². The molecule has 0 radical (unpaired) electrons. The van der Waals surface area contributed by atoms with E-state index in [0.717, 1.165) is 37.9 Å². The summed E-state index contributed by atoms with van der Waals surface area (Å²) in [6.07, 6.45) is 7.00. The number of hydrogen-bond acceptors (Lipinski definition) is 2. The molecule has 2 fully saturated rings. The van der Waals surface area contributed by atoms with Gasteiger partial charge in [0.1, 0.15) is 5.82 Å². The molecule has 0 spiro atoms. The maximum Gasteiger partial charge on any atom is 0.126 e. The Labute approximate surface area is 114 Å². The number of nitrogens with one attached hydrogen (secondary N) is 1. The molecule has 3 heteroatoms. The molecule has 2 aliphatic heterocycles. The lowest BCUT2D eigenvalue weighted by molar-refractivity contribution is 0.0192. The first-order chi connectivity index (χ1) is 9.31. The van der Waals surface area contributed by atoms with E-state index in [1.165, 1.54) is 18.9 Å². The van der Waals surface area contributed by atoms with Gasteiger partial charge in [-0.05, 0) is 50.2 Å². The van der Waals surface area contributed by atoms with Gasteiger partial charge in [0.05, 0.1) is 6.10 Å². The quantitative estimate of drug-likeness (QED) is 0.824. The van der Waals surface area contributed by atoms with Crippen LogP contribution in [-0.4, -0.2) is 24.8 Å². The number of hydrogen-bond donors (Lipinski definition) is 1. The molecule has 1 aromatic rings. The van der Waals surface area contributed by atoms with Crippen LogP contribution in [0.1, 0.15) is 37.7 Å². The summed E-state index contributed by atoms with van der Waals surface area (Å²) in [4.78, 5) is 0. The van der Waals surface area contributed by atoms with Crippen molar-refractivity contribution in [1.82, 2.24) is 5.32 Å². The molecule has 2 bridgehead atoms. The fourth-order valence-electron chi connectivity index (χ4n) is 3.35. The van der Waals surface area contributed by atoms with Crippen molar-refractivity contribution in [3.05, 3.63) is 35.6 Å². The summed E-state index contributed by atoms with van der Waals surface area (Å²) < 4.78 is 19.4. The molecule has 2 nitrogen and oxygen atoms in total. The molecule has 3 rings (SSSR count). The molecule has 2 aliphatic rings. The maximum absolute atomic E-state index is 13.4. The second kappa shape index (κ2) is 6.02. The Morgan fingerprint density at radius 3 is 2.63 bits per heavy atom. The number of benzene rings is 1. The van der Waals surface area contributed by atoms with E-state index < -0.39 is 0 Å². The summed E-state index contributed by atoms with van der Waals surface area (Å²) in [5.41, 5.74) is 0.802. The first kappa shape index (κ1) is 13.1. The van der Waals surface area contributed by atoms with Crippen LogP contribution in [0, 0.1) is 5.82 Å². The maximum atomic E-state index is 13.4. The summed E-state index contributed by atoms with van der Waals surface area (Å²) in [7, 11) is 0. The average Bonchev–Trinajstić information content (AvgIpc) is 2.76. The Bertz CT molecular complexity index is 411. The molecule has 2 heterocycles. The minimum absolute atomic E-state index is 0.0950. The average molecular weight is 263 g/mol. The SMILES string of the molecule is Fc1ccccc1CCCOC1CC2CCC(C1)N2. The smallest absolute Gasteiger partial charge is 0.126 e. The van der Waals surface area contributed by atoms with Crippen LogP contribution in [0.5, 0.6) is 0 Å². The van der Waals surface area contributed by atoms with Gasteiger partial charge in [0.15, 0.2) is 0 Å². The molecule has 1 N–H and O–H groups in total. The molecule has 2 unspecified atom stereocenters. The van der Waals surface area contributed by atoms with Gasteiger partial charge >= 0.3 is 0 Å². The number of halogens is 1. The van der Waals surface area contributed by atoms with Crippen LogP contribution in [-0.2, 0) is 11.2 Å². The van der Waals surface area contributed by atoms with Gasteiger partial charge in [-0.2, -0.15) is 0 Å². The van der Waals surface area contributed by atoms with E-state index in [4.69, 9.17) is 4.74 Å². The molecule has 0 saturated carbocycles. The third-order valence-electron chi connectivity index (χ3n) is 4.33. The first-order valence-electron chi connectivity index (χ1n) is 7.42. The Morgan fingerprint density at radius 1 is 1.16 bits per heavy atom. The van der Waals surface area contributed by atoms with E-state index in [1.807, 2.05) is 12.1 Å². The molecule has 0 aromatic heterocycles. The predicted octanol–water partition coefficient (Wildman–Crippen LogP) is 3.06. The zero-order chi connectivity index (χ0) is 13.1. The van der Waals surface area contributed by atoms with Crippen molar-refractivity contribution in [2.45, 2.75) is 56.7 Å². The lowest BCUT2D eigenvalue weighted by Gasteiger charge is -2.29. The normalized spacial score (nSPS) is 29.6. The lowest BCUT2D eigenvalue weighted by atomic mass is 10.0. The Balaban J connectivity index is 1.38. The molecular formula is C16H22FNO. The second-order valence-electron chi connectivity index (χ2n) is 5.80. The topological polar surface area (TPSA) is 21.3 Å². The number of fused-ring (bicyclic) bond motifs is 2. The molecule has 19 heavy (non-hydrogen) atoms. The van der Waals surface area contributed by atoms with Crippen LogP contribution in [0.4, 0.5) is 4.39 Å². The van der Waals surface area contributed by atoms with Crippen LogP contribution in [0.2, 0.25) is 0 Å². The van der Waals surface area contributed by atoms with Gasteiger partial charge in [-0.1, -0.05) is 18.2 Å². The molecule has 2 saturated heterocycles. The summed E-state index contributed by atoms with van der Waals surface area (Å²) in [6, 6.07) is 8.37. The summed E-state index contributed by atoms with van der Waals surface area (Å²) in [5.74, 6) is -0.0950. The van der Waals surface area contributed by atoms with E-state index in [0.29, 0.717) is 18.2 Å². The van der Waals surface area contributed by atoms with Gasteiger partial charge in [0.25, 0.3) is 0 Å². The predicted molar refractivity (Wildman–Crippen MR) is 73.6 cm³/mol. The van der Waals surface area contributed by atoms with Gasteiger partial charge in [0.2, 0.25) is 0 Å². The van der Waals surface area contributed by atoms with Crippen molar-refractivity contribution >= 4 is 0 Å². The second-order valence-corrected chi connectivity index (χ2v) is 5.80. The molecular weight excluding hydrogens is 241 g/mol. The minimum Gasteiger partial charge on any atom is -0.378 e. The van der Waals surface area contributed by atoms with Crippen LogP contribution in [0.25, 0.3) is 0 Å². The fraction of sp³-hybridized carbons (Fsp3) is 0.625. The highest BCUT2D eigenvalue weighted by Gasteiger charge is 2.33. The first-order valence-corrected chi connectivity index (χ1v) is 7.42. The largest absolute Gasteiger partial charge is 0.378 e. The highest BCUT2D eigenvalue weighted by molar-refractivity contribution is 5.17. The van der Waals surface area contributed by atoms with E-state index in [2.05, 4.69) is 5.32 Å². The monoisotopic (exact) mass is 263 g/mol. The minimum atomic E-state index is -0.0950. The molecule has 0 amide bonds. The van der Waals surface area contributed by atoms with Crippen molar-refractivity contribution in [2.24, 2.45) is 0 Å². The Kier molecular flexibility index (Phi) is 4.14. The molecule has 1 aromatic carbocycles. The Hall–Kier alpha value is -0.930. The molecule has 0 aliphatic carbocycles. The standard InChI is InChI=1S/C16H22FNO/c17-16-6-2-1-4-12(16)5-3-9-19-15-10-13-7-8-14(11-15)18-13/h1-2,4,6,13-15,18H,3,5,7-11H2. The summed E-state index contributed by atoms with van der Waals surface area (Å²) in [6.45, 7) is 0.748. The Morgan fingerprint density at radius 2 is 1.89 bits per heavy atom. The summed E-state index contributed by atoms with van der Waals surface area (Å²) in [5, 5.41) is 3.61. The van der Waals surface area contributed by atoms with Crippen LogP contribution in [0.3, 0.4) is 0 Å². The van der Waals surface area contributed by atoms with Crippen molar-refractivity contribution in [2.75, 3.05) is 6.61 Å². The van der Waals surface area contributed by atoms with Crippen molar-refractivity contribution < 1.29 is 9.13 Å². The highest BCUT2D eigenvalue weighted by atomic mass is 19.1. The zero-order valence-corrected chi connectivity index (χ0v) is 11.3. The third-order valence-corrected chi connectivity index (χ3v) is 4.33. The van der Waals surface area contributed by atoms with E-state index >= 15 is 0 Å². The highest BCUT2D eigenvalue weighted by Crippen LogP contribution is 2.28. The van der Waals surface area contributed by atoms with Gasteiger partial charge in [0, 0.05) is 18.7 Å². The number of aryl methyl sites for hydroxylation is 1. The van der Waals surface area contributed by atoms with Gasteiger partial charge in [-0.25, -0.2) is 4.39 Å². The van der Waals surface area contributed by atoms with Gasteiger partial charge in [-0.15, -0.1) is 0 Å².